The summed E-state index contributed by atoms with van der Waals surface area (Å²) in [4.78, 5) is 0. The van der Waals surface area contributed by atoms with Gasteiger partial charge in [0.25, 0.3) is 0 Å². The lowest BCUT2D eigenvalue weighted by Crippen LogP contribution is -2.56. The normalized spacial score (nSPS) is 23.0. The molecule has 3 heteroatoms. The summed E-state index contributed by atoms with van der Waals surface area (Å²) in [6.07, 6.45) is 2.06. The number of hydrogen-bond donors (Lipinski definition) is 3. The predicted molar refractivity (Wildman–Crippen MR) is 50.2 cm³/mol. The van der Waals surface area contributed by atoms with Crippen LogP contribution in [0.3, 0.4) is 0 Å². The topological polar surface area (TPSA) is 44.3 Å². The maximum Gasteiger partial charge on any atom is 0.0614 e. The molecule has 0 aliphatic carbocycles. The Labute approximate surface area is 74.5 Å². The highest BCUT2D eigenvalue weighted by Crippen LogP contribution is 2.17. The second-order valence-electron chi connectivity index (χ2n) is 3.99. The van der Waals surface area contributed by atoms with Crippen LogP contribution < -0.4 is 10.6 Å². The summed E-state index contributed by atoms with van der Waals surface area (Å²) in [5, 5.41) is 16.1. The molecule has 3 N–H and O–H groups in total. The molecule has 0 spiro atoms. The van der Waals surface area contributed by atoms with Crippen LogP contribution in [0.1, 0.15) is 26.7 Å². The average Bonchev–Trinajstić information content (AvgIpc) is 2.05. The van der Waals surface area contributed by atoms with E-state index in [2.05, 4.69) is 24.5 Å². The van der Waals surface area contributed by atoms with Gasteiger partial charge in [0.2, 0.25) is 0 Å². The first-order chi connectivity index (χ1) is 5.68. The third-order valence-corrected chi connectivity index (χ3v) is 2.46. The molecule has 0 atom stereocenters. The molecule has 0 saturated carbocycles. The Hall–Kier alpha value is -0.120. The van der Waals surface area contributed by atoms with E-state index in [1.54, 1.807) is 0 Å². The standard InChI is InChI=1S/C9H20N2O/c1-8(2)11-9(7-12)3-5-10-6-4-9/h8,10-12H,3-7H2,1-2H3. The van der Waals surface area contributed by atoms with E-state index in [9.17, 15) is 5.11 Å². The largest absolute Gasteiger partial charge is 0.394 e. The number of nitrogens with one attached hydrogen (secondary N) is 2. The molecular formula is C9H20N2O. The molecule has 0 aromatic heterocycles. The van der Waals surface area contributed by atoms with Crippen LogP contribution in [0.25, 0.3) is 0 Å². The highest BCUT2D eigenvalue weighted by Gasteiger charge is 2.31. The molecular weight excluding hydrogens is 152 g/mol. The maximum atomic E-state index is 9.30. The quantitative estimate of drug-likeness (QED) is 0.565. The summed E-state index contributed by atoms with van der Waals surface area (Å²) >= 11 is 0. The Bertz CT molecular complexity index is 130. The van der Waals surface area contributed by atoms with E-state index in [4.69, 9.17) is 0 Å². The lowest BCUT2D eigenvalue weighted by Gasteiger charge is -2.38. The van der Waals surface area contributed by atoms with Crippen LogP contribution >= 0.6 is 0 Å². The van der Waals surface area contributed by atoms with E-state index in [0.29, 0.717) is 6.04 Å². The van der Waals surface area contributed by atoms with Crippen LogP contribution in [-0.2, 0) is 0 Å². The first-order valence-corrected chi connectivity index (χ1v) is 4.78. The van der Waals surface area contributed by atoms with Gasteiger partial charge in [-0.1, -0.05) is 13.8 Å². The zero-order valence-corrected chi connectivity index (χ0v) is 8.06. The molecule has 0 bridgehead atoms. The van der Waals surface area contributed by atoms with E-state index in [-0.39, 0.29) is 12.1 Å². The second-order valence-corrected chi connectivity index (χ2v) is 3.99. The van der Waals surface area contributed by atoms with E-state index in [1.165, 1.54) is 0 Å². The molecule has 12 heavy (non-hydrogen) atoms. The molecule has 1 rings (SSSR count). The third kappa shape index (κ3) is 2.44. The number of aliphatic hydroxyl groups excluding tert-OH is 1. The minimum Gasteiger partial charge on any atom is -0.394 e. The molecule has 0 radical (unpaired) electrons. The van der Waals surface area contributed by atoms with E-state index >= 15 is 0 Å². The lowest BCUT2D eigenvalue weighted by molar-refractivity contribution is 0.119. The SMILES string of the molecule is CC(C)NC1(CO)CCNCC1. The monoisotopic (exact) mass is 172 g/mol. The van der Waals surface area contributed by atoms with Gasteiger partial charge in [0.05, 0.1) is 6.61 Å². The zero-order chi connectivity index (χ0) is 9.03. The van der Waals surface area contributed by atoms with Crippen molar-refractivity contribution in [1.82, 2.24) is 10.6 Å². The summed E-state index contributed by atoms with van der Waals surface area (Å²) < 4.78 is 0. The molecule has 72 valence electrons. The van der Waals surface area contributed by atoms with Gasteiger partial charge in [-0.3, -0.25) is 0 Å². The lowest BCUT2D eigenvalue weighted by atomic mass is 9.88. The predicted octanol–water partition coefficient (Wildman–Crippen LogP) is 0.0989. The highest BCUT2D eigenvalue weighted by molar-refractivity contribution is 4.92. The molecule has 3 nitrogen and oxygen atoms in total. The van der Waals surface area contributed by atoms with Crippen LogP contribution in [-0.4, -0.2) is 36.4 Å². The molecule has 1 aliphatic heterocycles. The molecule has 1 aliphatic rings. The Morgan fingerprint density at radius 1 is 1.42 bits per heavy atom. The van der Waals surface area contributed by atoms with Crippen LogP contribution in [0, 0.1) is 0 Å². The van der Waals surface area contributed by atoms with Gasteiger partial charge in [-0.25, -0.2) is 0 Å². The van der Waals surface area contributed by atoms with Gasteiger partial charge in [-0.05, 0) is 25.9 Å². The summed E-state index contributed by atoms with van der Waals surface area (Å²) in [5.41, 5.74) is -0.0145. The number of rotatable bonds is 3. The van der Waals surface area contributed by atoms with Crippen molar-refractivity contribution in [1.29, 1.82) is 0 Å². The Balaban J connectivity index is 2.48. The van der Waals surface area contributed by atoms with Crippen molar-refractivity contribution in [3.05, 3.63) is 0 Å². The van der Waals surface area contributed by atoms with E-state index in [0.717, 1.165) is 25.9 Å². The molecule has 0 aromatic carbocycles. The third-order valence-electron chi connectivity index (χ3n) is 2.46. The minimum absolute atomic E-state index is 0.0145. The van der Waals surface area contributed by atoms with Gasteiger partial charge >= 0.3 is 0 Å². The highest BCUT2D eigenvalue weighted by atomic mass is 16.3. The molecule has 1 saturated heterocycles. The first kappa shape index (κ1) is 9.96. The summed E-state index contributed by atoms with van der Waals surface area (Å²) in [5.74, 6) is 0. The van der Waals surface area contributed by atoms with Crippen molar-refractivity contribution in [2.45, 2.75) is 38.3 Å². The van der Waals surface area contributed by atoms with Gasteiger partial charge in [-0.15, -0.1) is 0 Å². The van der Waals surface area contributed by atoms with Gasteiger partial charge in [0, 0.05) is 11.6 Å². The summed E-state index contributed by atoms with van der Waals surface area (Å²) in [6.45, 7) is 6.53. The summed E-state index contributed by atoms with van der Waals surface area (Å²) in [6, 6.07) is 0.454. The average molecular weight is 172 g/mol. The Kier molecular flexibility index (Phi) is 3.50. The fraction of sp³-hybridized carbons (Fsp3) is 1.00. The van der Waals surface area contributed by atoms with Gasteiger partial charge in [0.15, 0.2) is 0 Å². The molecule has 1 heterocycles. The molecule has 0 unspecified atom stereocenters. The van der Waals surface area contributed by atoms with Crippen molar-refractivity contribution >= 4 is 0 Å². The van der Waals surface area contributed by atoms with Crippen LogP contribution in [0.2, 0.25) is 0 Å². The van der Waals surface area contributed by atoms with Crippen LogP contribution in [0.4, 0.5) is 0 Å². The van der Waals surface area contributed by atoms with Crippen molar-refractivity contribution in [2.24, 2.45) is 0 Å². The van der Waals surface area contributed by atoms with Crippen LogP contribution in [0.15, 0.2) is 0 Å². The summed E-state index contributed by atoms with van der Waals surface area (Å²) in [7, 11) is 0. The Morgan fingerprint density at radius 2 is 2.00 bits per heavy atom. The van der Waals surface area contributed by atoms with Crippen molar-refractivity contribution in [3.8, 4) is 0 Å². The Morgan fingerprint density at radius 3 is 2.42 bits per heavy atom. The van der Waals surface area contributed by atoms with Crippen molar-refractivity contribution < 1.29 is 5.11 Å². The van der Waals surface area contributed by atoms with E-state index < -0.39 is 0 Å². The molecule has 1 fully saturated rings. The smallest absolute Gasteiger partial charge is 0.0614 e. The van der Waals surface area contributed by atoms with Gasteiger partial charge in [0.1, 0.15) is 0 Å². The van der Waals surface area contributed by atoms with Gasteiger partial charge < -0.3 is 15.7 Å². The van der Waals surface area contributed by atoms with E-state index in [1.807, 2.05) is 0 Å². The van der Waals surface area contributed by atoms with Gasteiger partial charge in [-0.2, -0.15) is 0 Å². The van der Waals surface area contributed by atoms with Crippen LogP contribution in [0.5, 0.6) is 0 Å². The molecule has 0 aromatic rings. The van der Waals surface area contributed by atoms with Crippen molar-refractivity contribution in [3.63, 3.8) is 0 Å². The fourth-order valence-electron chi connectivity index (χ4n) is 1.87. The number of hydrogen-bond acceptors (Lipinski definition) is 3. The zero-order valence-electron chi connectivity index (χ0n) is 8.06. The maximum absolute atomic E-state index is 9.30. The number of aliphatic hydroxyl groups is 1. The second kappa shape index (κ2) is 4.21. The van der Waals surface area contributed by atoms with Crippen molar-refractivity contribution in [2.75, 3.05) is 19.7 Å². The first-order valence-electron chi connectivity index (χ1n) is 4.78. The number of piperidine rings is 1. The minimum atomic E-state index is -0.0145. The molecule has 0 amide bonds. The fourth-order valence-corrected chi connectivity index (χ4v) is 1.87.